The Morgan fingerprint density at radius 1 is 1.20 bits per heavy atom. The van der Waals surface area contributed by atoms with E-state index >= 15 is 0 Å². The highest BCUT2D eigenvalue weighted by atomic mass is 127. The minimum atomic E-state index is 0. The maximum absolute atomic E-state index is 6.12. The van der Waals surface area contributed by atoms with E-state index in [4.69, 9.17) is 23.2 Å². The van der Waals surface area contributed by atoms with Gasteiger partial charge in [-0.2, -0.15) is 11.8 Å². The van der Waals surface area contributed by atoms with Crippen molar-refractivity contribution in [3.05, 3.63) is 33.8 Å². The van der Waals surface area contributed by atoms with Crippen molar-refractivity contribution in [2.24, 2.45) is 4.99 Å². The van der Waals surface area contributed by atoms with E-state index in [1.54, 1.807) is 18.8 Å². The molecule has 0 heterocycles. The number of rotatable bonds is 6. The van der Waals surface area contributed by atoms with E-state index in [-0.39, 0.29) is 24.0 Å². The van der Waals surface area contributed by atoms with Gasteiger partial charge in [0.2, 0.25) is 0 Å². The van der Waals surface area contributed by atoms with Crippen molar-refractivity contribution in [3.8, 4) is 0 Å². The Morgan fingerprint density at radius 3 is 2.35 bits per heavy atom. The quantitative estimate of drug-likeness (QED) is 0.302. The van der Waals surface area contributed by atoms with Gasteiger partial charge in [0.25, 0.3) is 0 Å². The van der Waals surface area contributed by atoms with Gasteiger partial charge in [0.1, 0.15) is 0 Å². The van der Waals surface area contributed by atoms with Gasteiger partial charge in [-0.3, -0.25) is 4.99 Å². The molecule has 0 aliphatic heterocycles. The second kappa shape index (κ2) is 11.8. The topological polar surface area (TPSA) is 36.4 Å². The number of nitrogens with zero attached hydrogens (tertiary/aromatic N) is 1. The molecule has 0 spiro atoms. The van der Waals surface area contributed by atoms with Gasteiger partial charge in [0, 0.05) is 35.9 Å². The van der Waals surface area contributed by atoms with Crippen molar-refractivity contribution < 1.29 is 0 Å². The molecule has 0 saturated carbocycles. The Hall–Kier alpha value is 0.150. The third kappa shape index (κ3) is 7.24. The zero-order valence-corrected chi connectivity index (χ0v) is 16.2. The lowest BCUT2D eigenvalue weighted by Gasteiger charge is -2.12. The normalized spacial score (nSPS) is 10.9. The van der Waals surface area contributed by atoms with E-state index in [1.165, 1.54) is 0 Å². The first kappa shape index (κ1) is 20.1. The molecule has 7 heteroatoms. The van der Waals surface area contributed by atoms with Crippen LogP contribution in [0.2, 0.25) is 10.0 Å². The molecule has 114 valence electrons. The predicted octanol–water partition coefficient (Wildman–Crippen LogP) is 3.68. The van der Waals surface area contributed by atoms with E-state index < -0.39 is 0 Å². The first-order chi connectivity index (χ1) is 9.19. The summed E-state index contributed by atoms with van der Waals surface area (Å²) in [4.78, 5) is 4.16. The van der Waals surface area contributed by atoms with Gasteiger partial charge >= 0.3 is 0 Å². The Balaban J connectivity index is 0.00000361. The van der Waals surface area contributed by atoms with Crippen molar-refractivity contribution in [2.45, 2.75) is 6.42 Å². The van der Waals surface area contributed by atoms with E-state index in [2.05, 4.69) is 21.9 Å². The van der Waals surface area contributed by atoms with Crippen LogP contribution in [0.15, 0.2) is 23.2 Å². The maximum Gasteiger partial charge on any atom is 0.191 e. The standard InChI is InChI=1S/C13H19Cl2N3S.HI/c1-16-13(18-8-9-19-2)17-7-6-10-11(14)4-3-5-12(10)15;/h3-5H,6-9H2,1-2H3,(H2,16,17,18);1H. The smallest absolute Gasteiger partial charge is 0.191 e. The molecule has 3 nitrogen and oxygen atoms in total. The fraction of sp³-hybridized carbons (Fsp3) is 0.462. The summed E-state index contributed by atoms with van der Waals surface area (Å²) in [7, 11) is 1.76. The summed E-state index contributed by atoms with van der Waals surface area (Å²) in [5.41, 5.74) is 0.970. The van der Waals surface area contributed by atoms with Gasteiger partial charge in [0.15, 0.2) is 5.96 Å². The number of halogens is 3. The largest absolute Gasteiger partial charge is 0.356 e. The molecule has 0 fully saturated rings. The summed E-state index contributed by atoms with van der Waals surface area (Å²) in [6, 6.07) is 5.56. The molecule has 0 atom stereocenters. The summed E-state index contributed by atoms with van der Waals surface area (Å²) in [5, 5.41) is 7.90. The molecule has 0 aliphatic rings. The molecule has 1 aromatic rings. The van der Waals surface area contributed by atoms with Crippen molar-refractivity contribution in [1.29, 1.82) is 0 Å². The van der Waals surface area contributed by atoms with Crippen molar-refractivity contribution in [2.75, 3.05) is 32.1 Å². The zero-order valence-electron chi connectivity index (χ0n) is 11.6. The van der Waals surface area contributed by atoms with E-state index in [9.17, 15) is 0 Å². The number of nitrogens with one attached hydrogen (secondary N) is 2. The second-order valence-corrected chi connectivity index (χ2v) is 5.67. The molecule has 0 bridgehead atoms. The van der Waals surface area contributed by atoms with Crippen LogP contribution in [0.25, 0.3) is 0 Å². The molecule has 20 heavy (non-hydrogen) atoms. The number of aliphatic imine (C=N–C) groups is 1. The second-order valence-electron chi connectivity index (χ2n) is 3.87. The van der Waals surface area contributed by atoms with Crippen LogP contribution in [0.5, 0.6) is 0 Å². The average molecular weight is 448 g/mol. The van der Waals surface area contributed by atoms with Crippen LogP contribution in [0.4, 0.5) is 0 Å². The van der Waals surface area contributed by atoms with Crippen LogP contribution in [-0.4, -0.2) is 38.1 Å². The summed E-state index contributed by atoms with van der Waals surface area (Å²) in [6.07, 6.45) is 2.85. The third-order valence-corrected chi connectivity index (χ3v) is 3.87. The third-order valence-electron chi connectivity index (χ3n) is 2.55. The molecular weight excluding hydrogens is 428 g/mol. The molecule has 0 radical (unpaired) electrons. The summed E-state index contributed by atoms with van der Waals surface area (Å²) < 4.78 is 0. The van der Waals surface area contributed by atoms with Crippen LogP contribution in [0.3, 0.4) is 0 Å². The Bertz CT molecular complexity index is 410. The van der Waals surface area contributed by atoms with Crippen LogP contribution in [0, 0.1) is 0 Å². The number of benzene rings is 1. The van der Waals surface area contributed by atoms with Gasteiger partial charge in [-0.1, -0.05) is 29.3 Å². The lowest BCUT2D eigenvalue weighted by atomic mass is 10.1. The predicted molar refractivity (Wildman–Crippen MR) is 103 cm³/mol. The Kier molecular flexibility index (Phi) is 11.9. The maximum atomic E-state index is 6.12. The van der Waals surface area contributed by atoms with Crippen molar-refractivity contribution >= 4 is 64.9 Å². The van der Waals surface area contributed by atoms with Crippen molar-refractivity contribution in [3.63, 3.8) is 0 Å². The molecule has 1 aromatic carbocycles. The van der Waals surface area contributed by atoms with Gasteiger partial charge < -0.3 is 10.6 Å². The fourth-order valence-electron chi connectivity index (χ4n) is 1.57. The van der Waals surface area contributed by atoms with Crippen molar-refractivity contribution in [1.82, 2.24) is 10.6 Å². The molecule has 0 amide bonds. The Morgan fingerprint density at radius 2 is 1.80 bits per heavy atom. The van der Waals surface area contributed by atoms with E-state index in [0.29, 0.717) is 10.0 Å². The van der Waals surface area contributed by atoms with E-state index in [0.717, 1.165) is 36.8 Å². The van der Waals surface area contributed by atoms with Gasteiger partial charge in [-0.25, -0.2) is 0 Å². The summed E-state index contributed by atoms with van der Waals surface area (Å²) in [5.74, 6) is 1.86. The molecule has 0 saturated heterocycles. The Labute approximate surface area is 152 Å². The highest BCUT2D eigenvalue weighted by Crippen LogP contribution is 2.24. The number of thioether (sulfide) groups is 1. The highest BCUT2D eigenvalue weighted by Gasteiger charge is 2.05. The zero-order chi connectivity index (χ0) is 14.1. The molecule has 0 unspecified atom stereocenters. The van der Waals surface area contributed by atoms with Crippen LogP contribution in [-0.2, 0) is 6.42 Å². The highest BCUT2D eigenvalue weighted by molar-refractivity contribution is 14.0. The van der Waals surface area contributed by atoms with Crippen LogP contribution >= 0.6 is 58.9 Å². The van der Waals surface area contributed by atoms with Gasteiger partial charge in [-0.15, -0.1) is 24.0 Å². The average Bonchev–Trinajstić information content (AvgIpc) is 2.40. The monoisotopic (exact) mass is 447 g/mol. The number of guanidine groups is 1. The SMILES string of the molecule is CN=C(NCCSC)NCCc1c(Cl)cccc1Cl.I. The lowest BCUT2D eigenvalue weighted by molar-refractivity contribution is 0.812. The minimum absolute atomic E-state index is 0. The molecule has 1 rings (SSSR count). The molecule has 0 aromatic heterocycles. The molecule has 2 N–H and O–H groups in total. The lowest BCUT2D eigenvalue weighted by Crippen LogP contribution is -2.39. The van der Waals surface area contributed by atoms with Crippen LogP contribution in [0.1, 0.15) is 5.56 Å². The summed E-state index contributed by atoms with van der Waals surface area (Å²) >= 11 is 14.0. The first-order valence-corrected chi connectivity index (χ1v) is 8.20. The first-order valence-electron chi connectivity index (χ1n) is 6.05. The summed E-state index contributed by atoms with van der Waals surface area (Å²) in [6.45, 7) is 1.64. The molecular formula is C13H20Cl2IN3S. The van der Waals surface area contributed by atoms with Gasteiger partial charge in [0.05, 0.1) is 0 Å². The fourth-order valence-corrected chi connectivity index (χ4v) is 2.46. The number of hydrogen-bond donors (Lipinski definition) is 2. The molecule has 0 aliphatic carbocycles. The minimum Gasteiger partial charge on any atom is -0.356 e. The van der Waals surface area contributed by atoms with Gasteiger partial charge in [-0.05, 0) is 30.4 Å². The van der Waals surface area contributed by atoms with Crippen LogP contribution < -0.4 is 10.6 Å². The van der Waals surface area contributed by atoms with E-state index in [1.807, 2.05) is 18.2 Å². The number of hydrogen-bond acceptors (Lipinski definition) is 2.